The normalized spacial score (nSPS) is 10.3. The molecule has 0 aliphatic rings. The van der Waals surface area contributed by atoms with E-state index in [1.165, 1.54) is 6.33 Å². The largest absolute Gasteiger partial charge is 0.308 e. The maximum Gasteiger partial charge on any atom is 0.152 e. The zero-order chi connectivity index (χ0) is 7.68. The van der Waals surface area contributed by atoms with Gasteiger partial charge in [-0.05, 0) is 11.4 Å². The summed E-state index contributed by atoms with van der Waals surface area (Å²) in [6.45, 7) is 0. The van der Waals surface area contributed by atoms with Gasteiger partial charge in [0.15, 0.2) is 5.82 Å². The molecule has 0 amide bonds. The van der Waals surface area contributed by atoms with Crippen LogP contribution in [-0.2, 0) is 0 Å². The molecule has 5 heteroatoms. The van der Waals surface area contributed by atoms with Crippen LogP contribution in [0.4, 0.5) is 5.82 Å². The molecule has 2 heterocycles. The van der Waals surface area contributed by atoms with E-state index >= 15 is 0 Å². The average molecular weight is 166 g/mol. The third-order valence-corrected chi connectivity index (χ3v) is 2.22. The number of nitrogens with two attached hydrogens (primary N) is 1. The quantitative estimate of drug-likeness (QED) is 0.489. The fourth-order valence-corrected chi connectivity index (χ4v) is 1.64. The lowest BCUT2D eigenvalue weighted by molar-refractivity contribution is 1.19. The van der Waals surface area contributed by atoms with Gasteiger partial charge in [0, 0.05) is 0 Å². The van der Waals surface area contributed by atoms with Gasteiger partial charge in [0.1, 0.15) is 11.2 Å². The highest BCUT2D eigenvalue weighted by Gasteiger charge is 2.00. The maximum absolute atomic E-state index is 5.24. The highest BCUT2D eigenvalue weighted by molar-refractivity contribution is 7.16. The van der Waals surface area contributed by atoms with Gasteiger partial charge in [-0.3, -0.25) is 0 Å². The van der Waals surface area contributed by atoms with E-state index in [-0.39, 0.29) is 0 Å². The standard InChI is InChI=1S/C6H6N4S/c7-10-5-4-1-2-11-6(4)9-3-8-5/h1-3H,7H2,(H,8,9,10). The van der Waals surface area contributed by atoms with Crippen LogP contribution in [-0.4, -0.2) is 9.97 Å². The van der Waals surface area contributed by atoms with E-state index in [1.807, 2.05) is 11.4 Å². The fourth-order valence-electron chi connectivity index (χ4n) is 0.905. The first kappa shape index (κ1) is 6.51. The summed E-state index contributed by atoms with van der Waals surface area (Å²) in [5.74, 6) is 5.92. The number of anilines is 1. The number of hydrogen-bond acceptors (Lipinski definition) is 5. The van der Waals surface area contributed by atoms with Gasteiger partial charge in [-0.1, -0.05) is 0 Å². The van der Waals surface area contributed by atoms with E-state index in [9.17, 15) is 0 Å². The molecule has 0 bridgehead atoms. The second-order valence-corrected chi connectivity index (χ2v) is 2.90. The topological polar surface area (TPSA) is 63.8 Å². The summed E-state index contributed by atoms with van der Waals surface area (Å²) < 4.78 is 0. The SMILES string of the molecule is NNc1ncnc2sccc12. The van der Waals surface area contributed by atoms with Crippen molar-refractivity contribution in [3.8, 4) is 0 Å². The Bertz CT molecular complexity index is 369. The Hall–Kier alpha value is -1.20. The number of nitrogen functional groups attached to an aromatic ring is 1. The van der Waals surface area contributed by atoms with Crippen molar-refractivity contribution >= 4 is 27.4 Å². The molecule has 0 saturated heterocycles. The third-order valence-electron chi connectivity index (χ3n) is 1.40. The van der Waals surface area contributed by atoms with Crippen LogP contribution >= 0.6 is 11.3 Å². The summed E-state index contributed by atoms with van der Waals surface area (Å²) in [5, 5.41) is 2.93. The minimum atomic E-state index is 0.677. The van der Waals surface area contributed by atoms with Crippen LogP contribution in [0.2, 0.25) is 0 Å². The molecule has 2 aromatic rings. The minimum absolute atomic E-state index is 0.677. The van der Waals surface area contributed by atoms with Crippen LogP contribution in [0.3, 0.4) is 0 Å². The first-order chi connectivity index (χ1) is 5.42. The highest BCUT2D eigenvalue weighted by atomic mass is 32.1. The van der Waals surface area contributed by atoms with Crippen LogP contribution in [0.15, 0.2) is 17.8 Å². The van der Waals surface area contributed by atoms with E-state index in [4.69, 9.17) is 5.84 Å². The zero-order valence-electron chi connectivity index (χ0n) is 5.61. The first-order valence-electron chi connectivity index (χ1n) is 3.06. The van der Waals surface area contributed by atoms with Crippen molar-refractivity contribution in [3.05, 3.63) is 17.8 Å². The number of hydrazine groups is 1. The smallest absolute Gasteiger partial charge is 0.152 e. The van der Waals surface area contributed by atoms with Gasteiger partial charge in [0.2, 0.25) is 0 Å². The molecule has 0 unspecified atom stereocenters. The van der Waals surface area contributed by atoms with Crippen molar-refractivity contribution in [1.82, 2.24) is 9.97 Å². The molecule has 0 aliphatic carbocycles. The molecular weight excluding hydrogens is 160 g/mol. The second kappa shape index (κ2) is 2.44. The lowest BCUT2D eigenvalue weighted by atomic mass is 10.4. The number of nitrogens with one attached hydrogen (secondary N) is 1. The molecule has 0 atom stereocenters. The van der Waals surface area contributed by atoms with Crippen LogP contribution in [0.5, 0.6) is 0 Å². The monoisotopic (exact) mass is 166 g/mol. The second-order valence-electron chi connectivity index (χ2n) is 2.01. The summed E-state index contributed by atoms with van der Waals surface area (Å²) in [7, 11) is 0. The fraction of sp³-hybridized carbons (Fsp3) is 0. The van der Waals surface area contributed by atoms with E-state index < -0.39 is 0 Å². The summed E-state index contributed by atoms with van der Waals surface area (Å²) in [6.07, 6.45) is 1.49. The minimum Gasteiger partial charge on any atom is -0.308 e. The van der Waals surface area contributed by atoms with Crippen LogP contribution in [0.25, 0.3) is 10.2 Å². The summed E-state index contributed by atoms with van der Waals surface area (Å²) in [4.78, 5) is 8.97. The van der Waals surface area contributed by atoms with Gasteiger partial charge >= 0.3 is 0 Å². The third kappa shape index (κ3) is 0.941. The molecule has 3 N–H and O–H groups in total. The average Bonchev–Trinajstić information content (AvgIpc) is 2.50. The van der Waals surface area contributed by atoms with Gasteiger partial charge in [-0.15, -0.1) is 11.3 Å². The molecule has 2 rings (SSSR count). The molecule has 0 fully saturated rings. The molecule has 0 aromatic carbocycles. The molecule has 0 aliphatic heterocycles. The summed E-state index contributed by atoms with van der Waals surface area (Å²) in [6, 6.07) is 1.94. The van der Waals surface area contributed by atoms with E-state index in [2.05, 4.69) is 15.4 Å². The lowest BCUT2D eigenvalue weighted by Crippen LogP contribution is -2.08. The molecule has 0 saturated carbocycles. The van der Waals surface area contributed by atoms with Gasteiger partial charge in [-0.25, -0.2) is 15.8 Å². The number of hydrogen-bond donors (Lipinski definition) is 2. The Labute approximate surface area is 67.1 Å². The highest BCUT2D eigenvalue weighted by Crippen LogP contribution is 2.22. The Kier molecular flexibility index (Phi) is 1.45. The zero-order valence-corrected chi connectivity index (χ0v) is 6.43. The number of aromatic nitrogens is 2. The number of rotatable bonds is 1. The number of nitrogens with zero attached hydrogens (tertiary/aromatic N) is 2. The van der Waals surface area contributed by atoms with E-state index in [1.54, 1.807) is 11.3 Å². The predicted molar refractivity (Wildman–Crippen MR) is 45.2 cm³/mol. The maximum atomic E-state index is 5.24. The molecule has 4 nitrogen and oxygen atoms in total. The van der Waals surface area contributed by atoms with E-state index in [0.717, 1.165) is 10.2 Å². The molecule has 56 valence electrons. The number of fused-ring (bicyclic) bond motifs is 1. The molecule has 0 radical (unpaired) electrons. The van der Waals surface area contributed by atoms with Gasteiger partial charge in [-0.2, -0.15) is 0 Å². The number of thiophene rings is 1. The Morgan fingerprint density at radius 2 is 2.36 bits per heavy atom. The predicted octanol–water partition coefficient (Wildman–Crippen LogP) is 0.977. The lowest BCUT2D eigenvalue weighted by Gasteiger charge is -1.97. The van der Waals surface area contributed by atoms with Crippen LogP contribution in [0.1, 0.15) is 0 Å². The van der Waals surface area contributed by atoms with Gasteiger partial charge in [0.05, 0.1) is 5.39 Å². The van der Waals surface area contributed by atoms with Crippen LogP contribution < -0.4 is 11.3 Å². The Morgan fingerprint density at radius 3 is 3.18 bits per heavy atom. The Morgan fingerprint density at radius 1 is 1.45 bits per heavy atom. The van der Waals surface area contributed by atoms with Gasteiger partial charge in [0.25, 0.3) is 0 Å². The molecule has 2 aromatic heterocycles. The molecule has 11 heavy (non-hydrogen) atoms. The summed E-state index contributed by atoms with van der Waals surface area (Å²) >= 11 is 1.57. The van der Waals surface area contributed by atoms with Gasteiger partial charge < -0.3 is 5.43 Å². The summed E-state index contributed by atoms with van der Waals surface area (Å²) in [5.41, 5.74) is 2.51. The van der Waals surface area contributed by atoms with Crippen molar-refractivity contribution in [2.45, 2.75) is 0 Å². The van der Waals surface area contributed by atoms with Crippen molar-refractivity contribution in [2.24, 2.45) is 5.84 Å². The van der Waals surface area contributed by atoms with E-state index in [0.29, 0.717) is 5.82 Å². The van der Waals surface area contributed by atoms with Crippen molar-refractivity contribution in [2.75, 3.05) is 5.43 Å². The first-order valence-corrected chi connectivity index (χ1v) is 3.94. The molecular formula is C6H6N4S. The Balaban J connectivity index is 2.79. The van der Waals surface area contributed by atoms with Crippen molar-refractivity contribution in [1.29, 1.82) is 0 Å². The van der Waals surface area contributed by atoms with Crippen molar-refractivity contribution in [3.63, 3.8) is 0 Å². The molecule has 0 spiro atoms. The van der Waals surface area contributed by atoms with Crippen molar-refractivity contribution < 1.29 is 0 Å². The van der Waals surface area contributed by atoms with Crippen LogP contribution in [0, 0.1) is 0 Å².